The van der Waals surface area contributed by atoms with Crippen molar-refractivity contribution in [3.8, 4) is 11.1 Å². The predicted octanol–water partition coefficient (Wildman–Crippen LogP) is 3.44. The van der Waals surface area contributed by atoms with E-state index in [1.807, 2.05) is 18.2 Å². The zero-order valence-electron chi connectivity index (χ0n) is 8.97. The van der Waals surface area contributed by atoms with Gasteiger partial charge in [0.15, 0.2) is 0 Å². The number of hydrogen-bond acceptors (Lipinski definition) is 2. The average Bonchev–Trinajstić information content (AvgIpc) is 2.39. The summed E-state index contributed by atoms with van der Waals surface area (Å²) in [5, 5.41) is 0.981. The third-order valence-electron chi connectivity index (χ3n) is 2.68. The first-order valence-electron chi connectivity index (χ1n) is 5.29. The number of halogens is 1. The van der Waals surface area contributed by atoms with Gasteiger partial charge in [0, 0.05) is 11.6 Å². The van der Waals surface area contributed by atoms with Crippen LogP contribution in [0.1, 0.15) is 0 Å². The van der Waals surface area contributed by atoms with Crippen molar-refractivity contribution in [3.63, 3.8) is 0 Å². The molecule has 3 aromatic rings. The lowest BCUT2D eigenvalue weighted by atomic mass is 10.0. The number of benzene rings is 2. The molecule has 0 unspecified atom stereocenters. The fourth-order valence-electron chi connectivity index (χ4n) is 1.81. The van der Waals surface area contributed by atoms with Gasteiger partial charge in [-0.05, 0) is 35.4 Å². The van der Waals surface area contributed by atoms with Crippen LogP contribution in [0, 0.1) is 5.82 Å². The molecule has 82 valence electrons. The van der Waals surface area contributed by atoms with E-state index in [-0.39, 0.29) is 5.82 Å². The number of hydrogen-bond donors (Lipinski definition) is 0. The maximum Gasteiger partial charge on any atom is 0.123 e. The molecule has 0 amide bonds. The SMILES string of the molecule is Fc1ccc(-c2ccc3ncncc3c2)cc1. The maximum atomic E-state index is 12.8. The summed E-state index contributed by atoms with van der Waals surface area (Å²) in [5.41, 5.74) is 2.93. The van der Waals surface area contributed by atoms with Gasteiger partial charge in [-0.15, -0.1) is 0 Å². The maximum absolute atomic E-state index is 12.8. The molecule has 0 saturated carbocycles. The van der Waals surface area contributed by atoms with Crippen LogP contribution in [-0.4, -0.2) is 9.97 Å². The van der Waals surface area contributed by atoms with E-state index in [9.17, 15) is 4.39 Å². The van der Waals surface area contributed by atoms with Gasteiger partial charge in [-0.3, -0.25) is 0 Å². The molecule has 0 aliphatic carbocycles. The first-order valence-corrected chi connectivity index (χ1v) is 5.29. The Balaban J connectivity index is 2.14. The highest BCUT2D eigenvalue weighted by Crippen LogP contribution is 2.23. The van der Waals surface area contributed by atoms with E-state index in [2.05, 4.69) is 9.97 Å². The molecule has 0 fully saturated rings. The third kappa shape index (κ3) is 1.87. The summed E-state index contributed by atoms with van der Waals surface area (Å²) in [5.74, 6) is -0.224. The van der Waals surface area contributed by atoms with E-state index >= 15 is 0 Å². The monoisotopic (exact) mass is 224 g/mol. The molecule has 1 heterocycles. The number of rotatable bonds is 1. The summed E-state index contributed by atoms with van der Waals surface area (Å²) >= 11 is 0. The molecule has 0 aliphatic heterocycles. The standard InChI is InChI=1S/C14H9FN2/c15-13-4-1-10(2-5-13)11-3-6-14-12(7-11)8-16-9-17-14/h1-9H. The molecule has 0 radical (unpaired) electrons. The molecular formula is C14H9FN2. The predicted molar refractivity (Wildman–Crippen MR) is 64.9 cm³/mol. The lowest BCUT2D eigenvalue weighted by Gasteiger charge is -2.03. The van der Waals surface area contributed by atoms with Crippen molar-refractivity contribution in [1.82, 2.24) is 9.97 Å². The van der Waals surface area contributed by atoms with Crippen molar-refractivity contribution < 1.29 is 4.39 Å². The molecule has 1 aromatic heterocycles. The summed E-state index contributed by atoms with van der Waals surface area (Å²) in [7, 11) is 0. The van der Waals surface area contributed by atoms with Crippen molar-refractivity contribution in [2.45, 2.75) is 0 Å². The molecule has 3 heteroatoms. The Labute approximate surface area is 97.8 Å². The summed E-state index contributed by atoms with van der Waals surface area (Å²) < 4.78 is 12.8. The third-order valence-corrected chi connectivity index (χ3v) is 2.68. The minimum Gasteiger partial charge on any atom is -0.244 e. The molecule has 0 atom stereocenters. The molecule has 0 aliphatic rings. The highest BCUT2D eigenvalue weighted by atomic mass is 19.1. The first kappa shape index (κ1) is 9.90. The van der Waals surface area contributed by atoms with E-state index in [4.69, 9.17) is 0 Å². The van der Waals surface area contributed by atoms with Crippen molar-refractivity contribution >= 4 is 10.9 Å². The Kier molecular flexibility index (Phi) is 2.29. The van der Waals surface area contributed by atoms with Crippen molar-refractivity contribution in [1.29, 1.82) is 0 Å². The van der Waals surface area contributed by atoms with Crippen LogP contribution in [0.25, 0.3) is 22.0 Å². The smallest absolute Gasteiger partial charge is 0.123 e. The van der Waals surface area contributed by atoms with Crippen LogP contribution in [0.4, 0.5) is 4.39 Å². The zero-order valence-corrected chi connectivity index (χ0v) is 8.97. The molecular weight excluding hydrogens is 215 g/mol. The second-order valence-electron chi connectivity index (χ2n) is 3.80. The van der Waals surface area contributed by atoms with Gasteiger partial charge >= 0.3 is 0 Å². The van der Waals surface area contributed by atoms with Crippen LogP contribution >= 0.6 is 0 Å². The van der Waals surface area contributed by atoms with Gasteiger partial charge in [-0.1, -0.05) is 18.2 Å². The van der Waals surface area contributed by atoms with Crippen LogP contribution < -0.4 is 0 Å². The first-order chi connectivity index (χ1) is 8.33. The second-order valence-corrected chi connectivity index (χ2v) is 3.80. The molecule has 0 bridgehead atoms. The number of fused-ring (bicyclic) bond motifs is 1. The van der Waals surface area contributed by atoms with Gasteiger partial charge in [0.05, 0.1) is 5.52 Å². The second kappa shape index (κ2) is 3.94. The Morgan fingerprint density at radius 1 is 0.882 bits per heavy atom. The minimum absolute atomic E-state index is 0.224. The number of aromatic nitrogens is 2. The van der Waals surface area contributed by atoms with Gasteiger partial charge in [-0.25, -0.2) is 14.4 Å². The average molecular weight is 224 g/mol. The molecule has 0 saturated heterocycles. The normalized spacial score (nSPS) is 10.6. The Bertz CT molecular complexity index is 662. The van der Waals surface area contributed by atoms with Crippen molar-refractivity contribution in [2.24, 2.45) is 0 Å². The van der Waals surface area contributed by atoms with Gasteiger partial charge in [0.1, 0.15) is 12.1 Å². The number of nitrogens with zero attached hydrogens (tertiary/aromatic N) is 2. The quantitative estimate of drug-likeness (QED) is 0.632. The van der Waals surface area contributed by atoms with E-state index in [1.54, 1.807) is 18.3 Å². The Hall–Kier alpha value is -2.29. The fraction of sp³-hybridized carbons (Fsp3) is 0. The van der Waals surface area contributed by atoms with E-state index in [1.165, 1.54) is 18.5 Å². The Morgan fingerprint density at radius 3 is 2.47 bits per heavy atom. The van der Waals surface area contributed by atoms with Gasteiger partial charge in [-0.2, -0.15) is 0 Å². The molecule has 2 aromatic carbocycles. The van der Waals surface area contributed by atoms with Crippen LogP contribution in [0.5, 0.6) is 0 Å². The summed E-state index contributed by atoms with van der Waals surface area (Å²) in [4.78, 5) is 8.15. The lowest BCUT2D eigenvalue weighted by Crippen LogP contribution is -1.83. The van der Waals surface area contributed by atoms with Crippen LogP contribution in [0.3, 0.4) is 0 Å². The fourth-order valence-corrected chi connectivity index (χ4v) is 1.81. The highest BCUT2D eigenvalue weighted by Gasteiger charge is 2.00. The summed E-state index contributed by atoms with van der Waals surface area (Å²) in [6.07, 6.45) is 3.30. The van der Waals surface area contributed by atoms with E-state index in [0.717, 1.165) is 22.0 Å². The van der Waals surface area contributed by atoms with Crippen molar-refractivity contribution in [3.05, 3.63) is 60.8 Å². The Morgan fingerprint density at radius 2 is 1.65 bits per heavy atom. The molecule has 17 heavy (non-hydrogen) atoms. The van der Waals surface area contributed by atoms with Gasteiger partial charge in [0.2, 0.25) is 0 Å². The molecule has 2 nitrogen and oxygen atoms in total. The molecule has 3 rings (SSSR count). The van der Waals surface area contributed by atoms with E-state index < -0.39 is 0 Å². The summed E-state index contributed by atoms with van der Waals surface area (Å²) in [6.45, 7) is 0. The largest absolute Gasteiger partial charge is 0.244 e. The lowest BCUT2D eigenvalue weighted by molar-refractivity contribution is 0.628. The van der Waals surface area contributed by atoms with Crippen LogP contribution in [-0.2, 0) is 0 Å². The van der Waals surface area contributed by atoms with Gasteiger partial charge < -0.3 is 0 Å². The van der Waals surface area contributed by atoms with Crippen molar-refractivity contribution in [2.75, 3.05) is 0 Å². The summed E-state index contributed by atoms with van der Waals surface area (Å²) in [6, 6.07) is 12.4. The minimum atomic E-state index is -0.224. The highest BCUT2D eigenvalue weighted by molar-refractivity contribution is 5.83. The molecule has 0 N–H and O–H groups in total. The van der Waals surface area contributed by atoms with E-state index in [0.29, 0.717) is 0 Å². The topological polar surface area (TPSA) is 25.8 Å². The molecule has 0 spiro atoms. The van der Waals surface area contributed by atoms with Gasteiger partial charge in [0.25, 0.3) is 0 Å². The van der Waals surface area contributed by atoms with Crippen LogP contribution in [0.15, 0.2) is 55.0 Å². The van der Waals surface area contributed by atoms with Crippen LogP contribution in [0.2, 0.25) is 0 Å². The zero-order chi connectivity index (χ0) is 11.7.